The number of hydrogen-bond donors (Lipinski definition) is 1. The first-order chi connectivity index (χ1) is 5.77. The Morgan fingerprint density at radius 3 is 3.25 bits per heavy atom. The lowest BCUT2D eigenvalue weighted by Crippen LogP contribution is -2.26. The van der Waals surface area contributed by atoms with E-state index in [0.29, 0.717) is 0 Å². The molecule has 1 aliphatic heterocycles. The van der Waals surface area contributed by atoms with Gasteiger partial charge in [0.15, 0.2) is 5.78 Å². The number of nitrogens with zero attached hydrogens (tertiary/aromatic N) is 1. The van der Waals surface area contributed by atoms with Crippen molar-refractivity contribution in [2.24, 2.45) is 11.0 Å². The van der Waals surface area contributed by atoms with Crippen LogP contribution in [-0.4, -0.2) is 18.0 Å². The average molecular weight is 162 g/mol. The van der Waals surface area contributed by atoms with E-state index in [-0.39, 0.29) is 17.7 Å². The topological polar surface area (TPSA) is 41.5 Å². The van der Waals surface area contributed by atoms with Crippen molar-refractivity contribution in [2.45, 2.75) is 13.0 Å². The number of hydrogen-bond acceptors (Lipinski definition) is 3. The van der Waals surface area contributed by atoms with Crippen LogP contribution < -0.4 is 5.43 Å². The highest BCUT2D eigenvalue weighted by molar-refractivity contribution is 5.97. The fourth-order valence-corrected chi connectivity index (χ4v) is 1.42. The van der Waals surface area contributed by atoms with E-state index in [0.717, 1.165) is 5.57 Å². The molecule has 0 aromatic rings. The molecule has 2 unspecified atom stereocenters. The van der Waals surface area contributed by atoms with Crippen LogP contribution in [0.25, 0.3) is 0 Å². The quantitative estimate of drug-likeness (QED) is 0.615. The van der Waals surface area contributed by atoms with Crippen LogP contribution in [0.2, 0.25) is 0 Å². The van der Waals surface area contributed by atoms with Crippen LogP contribution in [0.3, 0.4) is 0 Å². The zero-order valence-corrected chi connectivity index (χ0v) is 6.82. The Kier molecular flexibility index (Phi) is 1.57. The first kappa shape index (κ1) is 7.28. The van der Waals surface area contributed by atoms with Gasteiger partial charge in [-0.05, 0) is 6.92 Å². The van der Waals surface area contributed by atoms with Crippen LogP contribution in [0.1, 0.15) is 6.92 Å². The number of fused-ring (bicyclic) bond motifs is 1. The van der Waals surface area contributed by atoms with Gasteiger partial charge in [0.2, 0.25) is 0 Å². The fraction of sp³-hybridized carbons (Fsp3) is 0.333. The maximum absolute atomic E-state index is 11.0. The third-order valence-electron chi connectivity index (χ3n) is 2.15. The van der Waals surface area contributed by atoms with Crippen molar-refractivity contribution in [3.63, 3.8) is 0 Å². The van der Waals surface area contributed by atoms with Crippen molar-refractivity contribution in [1.82, 2.24) is 5.43 Å². The Morgan fingerprint density at radius 2 is 2.50 bits per heavy atom. The van der Waals surface area contributed by atoms with Gasteiger partial charge in [0.05, 0.1) is 6.04 Å². The Labute approximate surface area is 70.8 Å². The molecule has 2 atom stereocenters. The highest BCUT2D eigenvalue weighted by atomic mass is 16.1. The summed E-state index contributed by atoms with van der Waals surface area (Å²) < 4.78 is 0. The van der Waals surface area contributed by atoms with Gasteiger partial charge < -0.3 is 5.43 Å². The lowest BCUT2D eigenvalue weighted by Gasteiger charge is -2.15. The standard InChI is InChI=1S/C9H10N2O/c1-6(12)7-2-3-9-8(4-7)5-10-11-9/h2-5,8-9,11H,1H3. The highest BCUT2D eigenvalue weighted by Crippen LogP contribution is 2.19. The van der Waals surface area contributed by atoms with E-state index in [1.54, 1.807) is 6.92 Å². The second-order valence-corrected chi connectivity index (χ2v) is 3.05. The predicted molar refractivity (Wildman–Crippen MR) is 46.8 cm³/mol. The molecule has 3 heteroatoms. The zero-order valence-electron chi connectivity index (χ0n) is 6.82. The van der Waals surface area contributed by atoms with Gasteiger partial charge in [0, 0.05) is 17.7 Å². The van der Waals surface area contributed by atoms with Gasteiger partial charge in [0.1, 0.15) is 0 Å². The zero-order chi connectivity index (χ0) is 8.55. The molecule has 2 rings (SSSR count). The van der Waals surface area contributed by atoms with Crippen molar-refractivity contribution >= 4 is 12.0 Å². The van der Waals surface area contributed by atoms with Gasteiger partial charge in [-0.15, -0.1) is 0 Å². The normalized spacial score (nSPS) is 30.9. The van der Waals surface area contributed by atoms with Gasteiger partial charge in [0.25, 0.3) is 0 Å². The number of carbonyl (C=O) groups excluding carboxylic acids is 1. The maximum atomic E-state index is 11.0. The van der Waals surface area contributed by atoms with E-state index in [9.17, 15) is 4.79 Å². The molecule has 0 radical (unpaired) electrons. The van der Waals surface area contributed by atoms with Gasteiger partial charge in [-0.25, -0.2) is 0 Å². The highest BCUT2D eigenvalue weighted by Gasteiger charge is 2.23. The fourth-order valence-electron chi connectivity index (χ4n) is 1.42. The Hall–Kier alpha value is -1.38. The monoisotopic (exact) mass is 162 g/mol. The molecule has 0 aromatic carbocycles. The largest absolute Gasteiger partial charge is 0.302 e. The van der Waals surface area contributed by atoms with E-state index >= 15 is 0 Å². The molecule has 2 aliphatic rings. The lowest BCUT2D eigenvalue weighted by atomic mass is 9.92. The molecule has 12 heavy (non-hydrogen) atoms. The third-order valence-corrected chi connectivity index (χ3v) is 2.15. The average Bonchev–Trinajstić information content (AvgIpc) is 2.49. The van der Waals surface area contributed by atoms with Crippen LogP contribution in [0, 0.1) is 5.92 Å². The lowest BCUT2D eigenvalue weighted by molar-refractivity contribution is -0.113. The minimum atomic E-state index is 0.116. The van der Waals surface area contributed by atoms with Crippen molar-refractivity contribution < 1.29 is 4.79 Å². The van der Waals surface area contributed by atoms with E-state index in [4.69, 9.17) is 0 Å². The summed E-state index contributed by atoms with van der Waals surface area (Å²) in [4.78, 5) is 11.0. The van der Waals surface area contributed by atoms with Crippen LogP contribution in [0.4, 0.5) is 0 Å². The van der Waals surface area contributed by atoms with Gasteiger partial charge in [-0.1, -0.05) is 18.2 Å². The number of Topliss-reactive ketones (excluding diaryl/α,β-unsaturated/α-hetero) is 1. The van der Waals surface area contributed by atoms with Crippen LogP contribution in [0.15, 0.2) is 28.9 Å². The summed E-state index contributed by atoms with van der Waals surface area (Å²) in [6, 6.07) is 0.257. The predicted octanol–water partition coefficient (Wildman–Crippen LogP) is 0.645. The van der Waals surface area contributed by atoms with Gasteiger partial charge >= 0.3 is 0 Å². The molecule has 0 amide bonds. The molecule has 0 spiro atoms. The molecule has 62 valence electrons. The van der Waals surface area contributed by atoms with E-state index in [2.05, 4.69) is 10.5 Å². The molecule has 0 fully saturated rings. The summed E-state index contributed by atoms with van der Waals surface area (Å²) in [7, 11) is 0. The number of nitrogens with one attached hydrogen (secondary N) is 1. The van der Waals surface area contributed by atoms with Gasteiger partial charge in [-0.2, -0.15) is 5.10 Å². The molecule has 0 bridgehead atoms. The molecule has 0 saturated heterocycles. The van der Waals surface area contributed by atoms with Crippen molar-refractivity contribution in [2.75, 3.05) is 0 Å². The molecular formula is C9H10N2O. The van der Waals surface area contributed by atoms with Crippen LogP contribution >= 0.6 is 0 Å². The number of ketones is 1. The number of hydrazone groups is 1. The molecule has 1 heterocycles. The second kappa shape index (κ2) is 2.59. The summed E-state index contributed by atoms with van der Waals surface area (Å²) in [6.45, 7) is 1.58. The van der Waals surface area contributed by atoms with Gasteiger partial charge in [-0.3, -0.25) is 4.79 Å². The van der Waals surface area contributed by atoms with Crippen molar-refractivity contribution in [3.8, 4) is 0 Å². The summed E-state index contributed by atoms with van der Waals surface area (Å²) >= 11 is 0. The minimum absolute atomic E-state index is 0.116. The van der Waals surface area contributed by atoms with Crippen molar-refractivity contribution in [1.29, 1.82) is 0 Å². The third kappa shape index (κ3) is 1.07. The molecule has 0 aromatic heterocycles. The minimum Gasteiger partial charge on any atom is -0.302 e. The Bertz CT molecular complexity index is 302. The summed E-state index contributed by atoms with van der Waals surface area (Å²) in [5, 5.41) is 3.94. The smallest absolute Gasteiger partial charge is 0.159 e. The van der Waals surface area contributed by atoms with E-state index in [1.807, 2.05) is 24.4 Å². The summed E-state index contributed by atoms with van der Waals surface area (Å²) in [5.41, 5.74) is 3.73. The van der Waals surface area contributed by atoms with Crippen molar-refractivity contribution in [3.05, 3.63) is 23.8 Å². The first-order valence-electron chi connectivity index (χ1n) is 3.97. The van der Waals surface area contributed by atoms with Crippen LogP contribution in [0.5, 0.6) is 0 Å². The molecule has 1 N–H and O–H groups in total. The Balaban J connectivity index is 2.25. The molecule has 1 aliphatic carbocycles. The molecule has 3 nitrogen and oxygen atoms in total. The van der Waals surface area contributed by atoms with E-state index in [1.165, 1.54) is 0 Å². The molecule has 0 saturated carbocycles. The maximum Gasteiger partial charge on any atom is 0.159 e. The second-order valence-electron chi connectivity index (χ2n) is 3.05. The number of allylic oxidation sites excluding steroid dienone is 2. The molecular weight excluding hydrogens is 152 g/mol. The SMILES string of the molecule is CC(=O)C1=CC2C=NNC2C=C1. The Morgan fingerprint density at radius 1 is 1.67 bits per heavy atom. The summed E-state index contributed by atoms with van der Waals surface area (Å²) in [5.74, 6) is 0.374. The summed E-state index contributed by atoms with van der Waals surface area (Å²) in [6.07, 6.45) is 7.62. The number of carbonyl (C=O) groups is 1. The number of rotatable bonds is 1. The van der Waals surface area contributed by atoms with E-state index < -0.39 is 0 Å². The van der Waals surface area contributed by atoms with Crippen LogP contribution in [-0.2, 0) is 4.79 Å². The first-order valence-corrected chi connectivity index (χ1v) is 3.97.